The Balaban J connectivity index is 2.33. The minimum atomic E-state index is -0.569. The maximum Gasteiger partial charge on any atom is 0.126 e. The molecule has 0 saturated carbocycles. The van der Waals surface area contributed by atoms with Crippen molar-refractivity contribution in [3.8, 4) is 5.75 Å². The molecule has 0 aliphatic carbocycles. The van der Waals surface area contributed by atoms with Gasteiger partial charge in [-0.1, -0.05) is 6.07 Å². The first kappa shape index (κ1) is 14.2. The van der Waals surface area contributed by atoms with E-state index in [9.17, 15) is 10.2 Å². The summed E-state index contributed by atoms with van der Waals surface area (Å²) in [6, 6.07) is 5.84. The number of methoxy groups -OCH3 is 1. The second-order valence-corrected chi connectivity index (χ2v) is 5.21. The molecule has 106 valence electrons. The van der Waals surface area contributed by atoms with E-state index in [4.69, 9.17) is 4.74 Å². The van der Waals surface area contributed by atoms with Crippen molar-refractivity contribution in [2.75, 3.05) is 31.7 Å². The van der Waals surface area contributed by atoms with Crippen LogP contribution in [0.3, 0.4) is 0 Å². The van der Waals surface area contributed by atoms with E-state index < -0.39 is 6.10 Å². The molecule has 0 aromatic heterocycles. The van der Waals surface area contributed by atoms with Crippen molar-refractivity contribution < 1.29 is 14.9 Å². The third-order valence-electron chi connectivity index (χ3n) is 3.80. The van der Waals surface area contributed by atoms with Crippen molar-refractivity contribution in [3.05, 3.63) is 23.8 Å². The molecule has 4 heteroatoms. The normalized spacial score (nSPS) is 21.3. The number of piperidine rings is 1. The highest BCUT2D eigenvalue weighted by Gasteiger charge is 2.24. The van der Waals surface area contributed by atoms with Gasteiger partial charge in [0.1, 0.15) is 5.75 Å². The van der Waals surface area contributed by atoms with Gasteiger partial charge in [0.05, 0.1) is 13.2 Å². The van der Waals surface area contributed by atoms with Crippen LogP contribution in [0.25, 0.3) is 0 Å². The predicted octanol–water partition coefficient (Wildman–Crippen LogP) is 1.96. The van der Waals surface area contributed by atoms with Crippen molar-refractivity contribution in [3.63, 3.8) is 0 Å². The molecular formula is C15H23NO3. The van der Waals surface area contributed by atoms with E-state index in [1.165, 1.54) is 0 Å². The minimum absolute atomic E-state index is 0.227. The highest BCUT2D eigenvalue weighted by atomic mass is 16.5. The summed E-state index contributed by atoms with van der Waals surface area (Å²) in [7, 11) is 1.62. The first-order valence-corrected chi connectivity index (χ1v) is 6.88. The van der Waals surface area contributed by atoms with Crippen molar-refractivity contribution in [2.45, 2.75) is 25.9 Å². The Hall–Kier alpha value is -1.26. The van der Waals surface area contributed by atoms with Gasteiger partial charge in [0.15, 0.2) is 0 Å². The predicted molar refractivity (Wildman–Crippen MR) is 75.7 cm³/mol. The number of benzene rings is 1. The van der Waals surface area contributed by atoms with Crippen LogP contribution in [0.1, 0.15) is 31.4 Å². The zero-order valence-electron chi connectivity index (χ0n) is 11.7. The fourth-order valence-electron chi connectivity index (χ4n) is 2.84. The Morgan fingerprint density at radius 3 is 2.89 bits per heavy atom. The molecular weight excluding hydrogens is 242 g/mol. The van der Waals surface area contributed by atoms with Crippen molar-refractivity contribution >= 4 is 5.69 Å². The molecule has 19 heavy (non-hydrogen) atoms. The molecule has 2 rings (SSSR count). The Labute approximate surface area is 114 Å². The lowest BCUT2D eigenvalue weighted by atomic mass is 9.96. The molecule has 2 N–H and O–H groups in total. The van der Waals surface area contributed by atoms with Gasteiger partial charge >= 0.3 is 0 Å². The van der Waals surface area contributed by atoms with E-state index in [1.807, 2.05) is 18.2 Å². The van der Waals surface area contributed by atoms with Crippen molar-refractivity contribution in [1.82, 2.24) is 0 Å². The zero-order valence-corrected chi connectivity index (χ0v) is 11.7. The molecule has 0 bridgehead atoms. The summed E-state index contributed by atoms with van der Waals surface area (Å²) in [6.45, 7) is 3.78. The van der Waals surface area contributed by atoms with Crippen LogP contribution in [-0.2, 0) is 0 Å². The van der Waals surface area contributed by atoms with Gasteiger partial charge in [-0.2, -0.15) is 0 Å². The smallest absolute Gasteiger partial charge is 0.126 e. The molecule has 0 radical (unpaired) electrons. The lowest BCUT2D eigenvalue weighted by molar-refractivity contribution is 0.193. The lowest BCUT2D eigenvalue weighted by Gasteiger charge is -2.35. The number of hydrogen-bond donors (Lipinski definition) is 2. The van der Waals surface area contributed by atoms with E-state index in [1.54, 1.807) is 14.0 Å². The van der Waals surface area contributed by atoms with E-state index in [0.717, 1.165) is 42.9 Å². The average molecular weight is 265 g/mol. The summed E-state index contributed by atoms with van der Waals surface area (Å²) >= 11 is 0. The SMILES string of the molecule is COc1cccc(N2CCCC(CO)C2)c1C(C)O. The first-order chi connectivity index (χ1) is 9.17. The van der Waals surface area contributed by atoms with Gasteiger partial charge in [-0.05, 0) is 37.8 Å². The quantitative estimate of drug-likeness (QED) is 0.874. The van der Waals surface area contributed by atoms with Gasteiger partial charge < -0.3 is 19.8 Å². The molecule has 1 aromatic carbocycles. The molecule has 1 saturated heterocycles. The van der Waals surface area contributed by atoms with Gasteiger partial charge in [0, 0.05) is 30.9 Å². The molecule has 0 amide bonds. The number of hydrogen-bond acceptors (Lipinski definition) is 4. The monoisotopic (exact) mass is 265 g/mol. The Kier molecular flexibility index (Phi) is 4.66. The van der Waals surface area contributed by atoms with Crippen LogP contribution < -0.4 is 9.64 Å². The molecule has 4 nitrogen and oxygen atoms in total. The van der Waals surface area contributed by atoms with E-state index in [0.29, 0.717) is 5.92 Å². The van der Waals surface area contributed by atoms with Crippen LogP contribution in [0.5, 0.6) is 5.75 Å². The standard InChI is InChI=1S/C15H23NO3/c1-11(18)15-13(6-3-7-14(15)19-2)16-8-4-5-12(9-16)10-17/h3,6-7,11-12,17-18H,4-5,8-10H2,1-2H3. The number of aliphatic hydroxyl groups is 2. The molecule has 1 aromatic rings. The van der Waals surface area contributed by atoms with Gasteiger partial charge in [-0.15, -0.1) is 0 Å². The van der Waals surface area contributed by atoms with Crippen molar-refractivity contribution in [2.24, 2.45) is 5.92 Å². The molecule has 2 unspecified atom stereocenters. The number of anilines is 1. The number of aliphatic hydroxyl groups excluding tert-OH is 2. The second kappa shape index (κ2) is 6.26. The Morgan fingerprint density at radius 2 is 2.26 bits per heavy atom. The summed E-state index contributed by atoms with van der Waals surface area (Å²) in [5.74, 6) is 1.04. The van der Waals surface area contributed by atoms with Crippen LogP contribution in [-0.4, -0.2) is 37.0 Å². The van der Waals surface area contributed by atoms with Crippen molar-refractivity contribution in [1.29, 1.82) is 0 Å². The van der Waals surface area contributed by atoms with Gasteiger partial charge in [0.25, 0.3) is 0 Å². The lowest BCUT2D eigenvalue weighted by Crippen LogP contribution is -2.37. The Morgan fingerprint density at radius 1 is 1.47 bits per heavy atom. The highest BCUT2D eigenvalue weighted by Crippen LogP contribution is 2.36. The number of rotatable bonds is 4. The molecule has 0 spiro atoms. The molecule has 1 aliphatic heterocycles. The van der Waals surface area contributed by atoms with Gasteiger partial charge in [0.2, 0.25) is 0 Å². The summed E-state index contributed by atoms with van der Waals surface area (Å²) in [4.78, 5) is 2.24. The van der Waals surface area contributed by atoms with E-state index >= 15 is 0 Å². The topological polar surface area (TPSA) is 52.9 Å². The minimum Gasteiger partial charge on any atom is -0.496 e. The van der Waals surface area contributed by atoms with Crippen LogP contribution in [0.15, 0.2) is 18.2 Å². The van der Waals surface area contributed by atoms with Gasteiger partial charge in [-0.3, -0.25) is 0 Å². The number of ether oxygens (including phenoxy) is 1. The second-order valence-electron chi connectivity index (χ2n) is 5.21. The van der Waals surface area contributed by atoms with E-state index in [2.05, 4.69) is 4.90 Å². The average Bonchev–Trinajstić information content (AvgIpc) is 2.46. The summed E-state index contributed by atoms with van der Waals surface area (Å²) in [5, 5.41) is 19.3. The highest BCUT2D eigenvalue weighted by molar-refractivity contribution is 5.60. The molecule has 1 heterocycles. The maximum absolute atomic E-state index is 10.0. The molecule has 2 atom stereocenters. The summed E-state index contributed by atoms with van der Waals surface area (Å²) in [6.07, 6.45) is 1.57. The number of nitrogens with zero attached hydrogens (tertiary/aromatic N) is 1. The zero-order chi connectivity index (χ0) is 13.8. The first-order valence-electron chi connectivity index (χ1n) is 6.88. The third kappa shape index (κ3) is 3.01. The summed E-state index contributed by atoms with van der Waals surface area (Å²) in [5.41, 5.74) is 1.86. The Bertz CT molecular complexity index is 420. The fourth-order valence-corrected chi connectivity index (χ4v) is 2.84. The fraction of sp³-hybridized carbons (Fsp3) is 0.600. The van der Waals surface area contributed by atoms with Gasteiger partial charge in [-0.25, -0.2) is 0 Å². The molecule has 1 aliphatic rings. The van der Waals surface area contributed by atoms with E-state index in [-0.39, 0.29) is 6.61 Å². The maximum atomic E-state index is 10.0. The van der Waals surface area contributed by atoms with Crippen LogP contribution in [0.4, 0.5) is 5.69 Å². The molecule has 1 fully saturated rings. The van der Waals surface area contributed by atoms with Crippen LogP contribution in [0, 0.1) is 5.92 Å². The van der Waals surface area contributed by atoms with Crippen LogP contribution in [0.2, 0.25) is 0 Å². The third-order valence-corrected chi connectivity index (χ3v) is 3.80. The summed E-state index contributed by atoms with van der Waals surface area (Å²) < 4.78 is 5.36. The van der Waals surface area contributed by atoms with Crippen LogP contribution >= 0.6 is 0 Å². The largest absolute Gasteiger partial charge is 0.496 e.